The fourth-order valence-electron chi connectivity index (χ4n) is 2.92. The maximum Gasteiger partial charge on any atom is 0.221 e. The van der Waals surface area contributed by atoms with Crippen LogP contribution in [0.5, 0.6) is 5.75 Å². The van der Waals surface area contributed by atoms with E-state index in [0.29, 0.717) is 18.2 Å². The standard InChI is InChI=1S/C18H24N4O2S2/c1-24-15-9-5-8-14(12-15)20-17-21-22-18(26-17)25-11-10-16(23)19-13-6-3-2-4-7-13/h5,8-9,12-13H,2-4,6-7,10-11H2,1H3,(H,19,23)(H,20,21). The van der Waals surface area contributed by atoms with Crippen LogP contribution in [0, 0.1) is 0 Å². The smallest absolute Gasteiger partial charge is 0.221 e. The molecule has 0 spiro atoms. The van der Waals surface area contributed by atoms with E-state index >= 15 is 0 Å². The molecule has 0 saturated heterocycles. The first kappa shape index (κ1) is 19.0. The fourth-order valence-corrected chi connectivity index (χ4v) is 4.70. The molecule has 1 fully saturated rings. The third kappa shape index (κ3) is 5.88. The number of nitrogens with one attached hydrogen (secondary N) is 2. The van der Waals surface area contributed by atoms with Gasteiger partial charge in [0.1, 0.15) is 5.75 Å². The van der Waals surface area contributed by atoms with Gasteiger partial charge >= 0.3 is 0 Å². The molecule has 0 unspecified atom stereocenters. The third-order valence-electron chi connectivity index (χ3n) is 4.25. The van der Waals surface area contributed by atoms with Crippen LogP contribution in [0.25, 0.3) is 0 Å². The first-order chi connectivity index (χ1) is 12.7. The van der Waals surface area contributed by atoms with Crippen molar-refractivity contribution in [3.05, 3.63) is 24.3 Å². The average Bonchev–Trinajstić information content (AvgIpc) is 3.10. The molecular weight excluding hydrogens is 368 g/mol. The predicted octanol–water partition coefficient (Wildman–Crippen LogP) is 4.22. The van der Waals surface area contributed by atoms with Gasteiger partial charge in [-0.25, -0.2) is 0 Å². The lowest BCUT2D eigenvalue weighted by atomic mass is 9.95. The summed E-state index contributed by atoms with van der Waals surface area (Å²) in [4.78, 5) is 12.0. The molecular formula is C18H24N4O2S2. The second-order valence-corrected chi connectivity index (χ2v) is 8.55. The van der Waals surface area contributed by atoms with E-state index in [1.807, 2.05) is 24.3 Å². The van der Waals surface area contributed by atoms with E-state index in [1.165, 1.54) is 30.6 Å². The normalized spacial score (nSPS) is 14.8. The third-order valence-corrected chi connectivity index (χ3v) is 6.23. The van der Waals surface area contributed by atoms with Gasteiger partial charge in [0.05, 0.1) is 7.11 Å². The number of anilines is 2. The zero-order valence-corrected chi connectivity index (χ0v) is 16.5. The molecule has 1 amide bonds. The average molecular weight is 393 g/mol. The van der Waals surface area contributed by atoms with Crippen LogP contribution in [-0.2, 0) is 4.79 Å². The number of carbonyl (C=O) groups is 1. The molecule has 2 N–H and O–H groups in total. The van der Waals surface area contributed by atoms with Crippen molar-refractivity contribution in [3.63, 3.8) is 0 Å². The molecule has 1 aliphatic rings. The van der Waals surface area contributed by atoms with E-state index < -0.39 is 0 Å². The van der Waals surface area contributed by atoms with Crippen molar-refractivity contribution in [1.82, 2.24) is 15.5 Å². The lowest BCUT2D eigenvalue weighted by Crippen LogP contribution is -2.36. The van der Waals surface area contributed by atoms with Crippen LogP contribution < -0.4 is 15.4 Å². The molecule has 0 atom stereocenters. The molecule has 0 bridgehead atoms. The molecule has 140 valence electrons. The molecule has 1 aromatic carbocycles. The van der Waals surface area contributed by atoms with Gasteiger partial charge in [-0.2, -0.15) is 0 Å². The van der Waals surface area contributed by atoms with Crippen LogP contribution in [0.2, 0.25) is 0 Å². The van der Waals surface area contributed by atoms with E-state index in [1.54, 1.807) is 18.9 Å². The van der Waals surface area contributed by atoms with Crippen LogP contribution in [-0.4, -0.2) is 35.0 Å². The van der Waals surface area contributed by atoms with E-state index in [2.05, 4.69) is 20.8 Å². The number of hydrogen-bond donors (Lipinski definition) is 2. The van der Waals surface area contributed by atoms with Crippen LogP contribution in [0.4, 0.5) is 10.8 Å². The lowest BCUT2D eigenvalue weighted by Gasteiger charge is -2.22. The molecule has 0 radical (unpaired) electrons. The van der Waals surface area contributed by atoms with Crippen molar-refractivity contribution < 1.29 is 9.53 Å². The van der Waals surface area contributed by atoms with Gasteiger partial charge < -0.3 is 15.4 Å². The molecule has 2 aromatic rings. The summed E-state index contributed by atoms with van der Waals surface area (Å²) in [5.74, 6) is 1.65. The highest BCUT2D eigenvalue weighted by Gasteiger charge is 2.15. The first-order valence-electron chi connectivity index (χ1n) is 8.89. The Morgan fingerprint density at radius 3 is 2.96 bits per heavy atom. The summed E-state index contributed by atoms with van der Waals surface area (Å²) >= 11 is 3.05. The second kappa shape index (κ2) is 9.78. The first-order valence-corrected chi connectivity index (χ1v) is 10.7. The number of nitrogens with zero attached hydrogens (tertiary/aromatic N) is 2. The highest BCUT2D eigenvalue weighted by atomic mass is 32.2. The van der Waals surface area contributed by atoms with Crippen LogP contribution >= 0.6 is 23.1 Å². The quantitative estimate of drug-likeness (QED) is 0.655. The molecule has 1 heterocycles. The van der Waals surface area contributed by atoms with Crippen molar-refractivity contribution in [3.8, 4) is 5.75 Å². The summed E-state index contributed by atoms with van der Waals surface area (Å²) in [6, 6.07) is 8.05. The minimum absolute atomic E-state index is 0.142. The van der Waals surface area contributed by atoms with Gasteiger partial charge in [0.25, 0.3) is 0 Å². The summed E-state index contributed by atoms with van der Waals surface area (Å²) in [6.07, 6.45) is 6.51. The molecule has 0 aliphatic heterocycles. The number of aromatic nitrogens is 2. The Kier molecular flexibility index (Phi) is 7.13. The maximum absolute atomic E-state index is 12.0. The maximum atomic E-state index is 12.0. The molecule has 1 saturated carbocycles. The zero-order chi connectivity index (χ0) is 18.2. The van der Waals surface area contributed by atoms with Crippen LogP contribution in [0.15, 0.2) is 28.6 Å². The topological polar surface area (TPSA) is 76.1 Å². The Balaban J connectivity index is 1.41. The van der Waals surface area contributed by atoms with Crippen LogP contribution in [0.1, 0.15) is 38.5 Å². The Morgan fingerprint density at radius 2 is 2.15 bits per heavy atom. The fraction of sp³-hybridized carbons (Fsp3) is 0.500. The molecule has 6 nitrogen and oxygen atoms in total. The predicted molar refractivity (Wildman–Crippen MR) is 107 cm³/mol. The Morgan fingerprint density at radius 1 is 1.31 bits per heavy atom. The number of benzene rings is 1. The van der Waals surface area contributed by atoms with Gasteiger partial charge in [0.15, 0.2) is 4.34 Å². The number of methoxy groups -OCH3 is 1. The lowest BCUT2D eigenvalue weighted by molar-refractivity contribution is -0.121. The second-order valence-electron chi connectivity index (χ2n) is 6.23. The number of rotatable bonds is 8. The van der Waals surface area contributed by atoms with Gasteiger partial charge in [-0.15, -0.1) is 10.2 Å². The number of ether oxygens (including phenoxy) is 1. The number of thioether (sulfide) groups is 1. The van der Waals surface area contributed by atoms with Crippen molar-refractivity contribution in [2.45, 2.75) is 48.9 Å². The van der Waals surface area contributed by atoms with Crippen LogP contribution in [0.3, 0.4) is 0 Å². The van der Waals surface area contributed by atoms with Gasteiger partial charge in [-0.05, 0) is 25.0 Å². The van der Waals surface area contributed by atoms with Crippen molar-refractivity contribution in [2.24, 2.45) is 0 Å². The summed E-state index contributed by atoms with van der Waals surface area (Å²) in [5, 5.41) is 15.4. The summed E-state index contributed by atoms with van der Waals surface area (Å²) in [7, 11) is 1.64. The molecule has 1 aromatic heterocycles. The van der Waals surface area contributed by atoms with Gasteiger partial charge in [-0.3, -0.25) is 4.79 Å². The summed E-state index contributed by atoms with van der Waals surface area (Å²) in [6.45, 7) is 0. The Labute approximate surface area is 162 Å². The van der Waals surface area contributed by atoms with E-state index in [9.17, 15) is 4.79 Å². The largest absolute Gasteiger partial charge is 0.497 e. The minimum atomic E-state index is 0.142. The number of amides is 1. The zero-order valence-electron chi connectivity index (χ0n) is 14.9. The highest BCUT2D eigenvalue weighted by Crippen LogP contribution is 2.29. The molecule has 8 heteroatoms. The minimum Gasteiger partial charge on any atom is -0.497 e. The van der Waals surface area contributed by atoms with Gasteiger partial charge in [0, 0.05) is 30.0 Å². The Hall–Kier alpha value is -1.80. The van der Waals surface area contributed by atoms with E-state index in [-0.39, 0.29) is 5.91 Å². The van der Waals surface area contributed by atoms with Gasteiger partial charge in [0.2, 0.25) is 11.0 Å². The molecule has 3 rings (SSSR count). The van der Waals surface area contributed by atoms with Crippen molar-refractivity contribution in [2.75, 3.05) is 18.2 Å². The van der Waals surface area contributed by atoms with Gasteiger partial charge in [-0.1, -0.05) is 48.4 Å². The SMILES string of the molecule is COc1cccc(Nc2nnc(SCCC(=O)NC3CCCCC3)s2)c1. The Bertz CT molecular complexity index is 717. The monoisotopic (exact) mass is 392 g/mol. The van der Waals surface area contributed by atoms with E-state index in [4.69, 9.17) is 4.74 Å². The van der Waals surface area contributed by atoms with E-state index in [0.717, 1.165) is 33.7 Å². The molecule has 1 aliphatic carbocycles. The molecule has 26 heavy (non-hydrogen) atoms. The summed E-state index contributed by atoms with van der Waals surface area (Å²) < 4.78 is 6.07. The number of hydrogen-bond acceptors (Lipinski definition) is 7. The summed E-state index contributed by atoms with van der Waals surface area (Å²) in [5.41, 5.74) is 0.906. The van der Waals surface area contributed by atoms with Crippen molar-refractivity contribution >= 4 is 39.8 Å². The van der Waals surface area contributed by atoms with Crippen molar-refractivity contribution in [1.29, 1.82) is 0 Å². The number of carbonyl (C=O) groups excluding carboxylic acids is 1. The highest BCUT2D eigenvalue weighted by molar-refractivity contribution is 8.01.